The number of fused-ring (bicyclic) bond motifs is 1. The number of hydrogen-bond acceptors (Lipinski definition) is 3. The number of carbonyl (C=O) groups is 2. The van der Waals surface area contributed by atoms with E-state index in [1.54, 1.807) is 0 Å². The van der Waals surface area contributed by atoms with Gasteiger partial charge < -0.3 is 9.84 Å². The van der Waals surface area contributed by atoms with E-state index in [4.69, 9.17) is 5.11 Å². The Balaban J connectivity index is 2.46. The zero-order chi connectivity index (χ0) is 17.4. The first-order chi connectivity index (χ1) is 10.6. The van der Waals surface area contributed by atoms with Crippen molar-refractivity contribution in [3.8, 4) is 0 Å². The highest BCUT2D eigenvalue weighted by atomic mass is 16.7. The van der Waals surface area contributed by atoms with Crippen molar-refractivity contribution < 1.29 is 19.4 Å². The Bertz CT molecular complexity index is 628. The molecule has 0 saturated heterocycles. The molecule has 1 aromatic carbocycles. The second kappa shape index (κ2) is 5.99. The highest BCUT2D eigenvalue weighted by Gasteiger charge is 2.37. The lowest BCUT2D eigenvalue weighted by atomic mass is 9.62. The maximum absolute atomic E-state index is 12.0. The molecule has 1 atom stereocenters. The van der Waals surface area contributed by atoms with Crippen LogP contribution in [-0.2, 0) is 20.4 Å². The van der Waals surface area contributed by atoms with E-state index in [9.17, 15) is 9.59 Å². The second-order valence-electron chi connectivity index (χ2n) is 7.72. The largest absolute Gasteiger partial charge is 0.513 e. The number of carbonyl (C=O) groups excluding carboxylic acids is 1. The number of esters is 1. The maximum Gasteiger partial charge on any atom is 0.513 e. The molecule has 23 heavy (non-hydrogen) atoms. The van der Waals surface area contributed by atoms with Crippen LogP contribution >= 0.6 is 0 Å². The van der Waals surface area contributed by atoms with Crippen molar-refractivity contribution >= 4 is 12.1 Å². The molecular formula is C19H26O4. The Morgan fingerprint density at radius 3 is 2.22 bits per heavy atom. The van der Waals surface area contributed by atoms with Crippen LogP contribution in [0.3, 0.4) is 0 Å². The van der Waals surface area contributed by atoms with Crippen LogP contribution in [0, 0.1) is 0 Å². The third kappa shape index (κ3) is 3.41. The van der Waals surface area contributed by atoms with E-state index in [1.165, 1.54) is 11.1 Å². The van der Waals surface area contributed by atoms with Crippen molar-refractivity contribution in [2.75, 3.05) is 0 Å². The summed E-state index contributed by atoms with van der Waals surface area (Å²) in [6.07, 6.45) is 1.18. The molecule has 1 aliphatic rings. The van der Waals surface area contributed by atoms with Gasteiger partial charge in [0.25, 0.3) is 0 Å². The molecule has 0 aliphatic heterocycles. The summed E-state index contributed by atoms with van der Waals surface area (Å²) in [7, 11) is 0. The summed E-state index contributed by atoms with van der Waals surface area (Å²) >= 11 is 0. The van der Waals surface area contributed by atoms with Gasteiger partial charge in [-0.2, -0.15) is 0 Å². The van der Waals surface area contributed by atoms with Gasteiger partial charge in [0, 0.05) is 0 Å². The predicted octanol–water partition coefficient (Wildman–Crippen LogP) is 4.75. The number of hydrogen-bond donors (Lipinski definition) is 1. The Morgan fingerprint density at radius 1 is 1.13 bits per heavy atom. The molecule has 0 fully saturated rings. The lowest BCUT2D eigenvalue weighted by Crippen LogP contribution is -2.34. The van der Waals surface area contributed by atoms with Crippen molar-refractivity contribution in [3.05, 3.63) is 34.9 Å². The standard InChI is InChI=1S/C19H26O4/c1-6-13(16(20)23-17(21)22)12-7-8-14-15(11-12)19(4,5)10-9-18(14,2)3/h7-8,11,13H,6,9-10H2,1-5H3,(H,21,22)/t13-/m1/s1. The minimum atomic E-state index is -1.55. The molecule has 2 rings (SSSR count). The van der Waals surface area contributed by atoms with Gasteiger partial charge in [0.05, 0.1) is 5.92 Å². The monoisotopic (exact) mass is 318 g/mol. The summed E-state index contributed by atoms with van der Waals surface area (Å²) in [4.78, 5) is 22.7. The van der Waals surface area contributed by atoms with Gasteiger partial charge in [-0.1, -0.05) is 52.8 Å². The molecule has 0 aromatic heterocycles. The number of ether oxygens (including phenoxy) is 1. The van der Waals surface area contributed by atoms with Crippen molar-refractivity contribution in [2.45, 2.75) is 70.6 Å². The van der Waals surface area contributed by atoms with Gasteiger partial charge in [-0.25, -0.2) is 4.79 Å². The van der Waals surface area contributed by atoms with Gasteiger partial charge in [0.2, 0.25) is 0 Å². The van der Waals surface area contributed by atoms with Gasteiger partial charge >= 0.3 is 12.1 Å². The van der Waals surface area contributed by atoms with Crippen molar-refractivity contribution in [2.24, 2.45) is 0 Å². The van der Waals surface area contributed by atoms with Gasteiger partial charge in [-0.3, -0.25) is 4.79 Å². The summed E-state index contributed by atoms with van der Waals surface area (Å²) in [6, 6.07) is 6.12. The Hall–Kier alpha value is -1.84. The summed E-state index contributed by atoms with van der Waals surface area (Å²) in [5, 5.41) is 8.68. The zero-order valence-corrected chi connectivity index (χ0v) is 14.6. The quantitative estimate of drug-likeness (QED) is 0.645. The average Bonchev–Trinajstić information content (AvgIpc) is 2.44. The fourth-order valence-corrected chi connectivity index (χ4v) is 3.52. The molecular weight excluding hydrogens is 292 g/mol. The fourth-order valence-electron chi connectivity index (χ4n) is 3.52. The molecule has 1 aliphatic carbocycles. The molecule has 0 radical (unpaired) electrons. The summed E-state index contributed by atoms with van der Waals surface area (Å²) in [6.45, 7) is 10.8. The number of benzene rings is 1. The van der Waals surface area contributed by atoms with Gasteiger partial charge in [-0.15, -0.1) is 0 Å². The van der Waals surface area contributed by atoms with Crippen molar-refractivity contribution in [1.29, 1.82) is 0 Å². The van der Waals surface area contributed by atoms with Crippen LogP contribution in [0.2, 0.25) is 0 Å². The van der Waals surface area contributed by atoms with Gasteiger partial charge in [-0.05, 0) is 46.8 Å². The molecule has 4 nitrogen and oxygen atoms in total. The molecule has 0 heterocycles. The second-order valence-corrected chi connectivity index (χ2v) is 7.72. The normalized spacial score (nSPS) is 19.5. The Labute approximate surface area is 137 Å². The number of rotatable bonds is 3. The molecule has 0 bridgehead atoms. The first-order valence-corrected chi connectivity index (χ1v) is 8.18. The smallest absolute Gasteiger partial charge is 0.449 e. The topological polar surface area (TPSA) is 63.6 Å². The van der Waals surface area contributed by atoms with Crippen LogP contribution in [-0.4, -0.2) is 17.2 Å². The third-order valence-electron chi connectivity index (χ3n) is 5.16. The predicted molar refractivity (Wildman–Crippen MR) is 88.9 cm³/mol. The van der Waals surface area contributed by atoms with Crippen LogP contribution in [0.15, 0.2) is 18.2 Å². The third-order valence-corrected chi connectivity index (χ3v) is 5.16. The fraction of sp³-hybridized carbons (Fsp3) is 0.579. The van der Waals surface area contributed by atoms with Crippen molar-refractivity contribution in [3.63, 3.8) is 0 Å². The van der Waals surface area contributed by atoms with Crippen LogP contribution in [0.5, 0.6) is 0 Å². The van der Waals surface area contributed by atoms with Gasteiger partial charge in [0.1, 0.15) is 0 Å². The van der Waals surface area contributed by atoms with E-state index in [0.717, 1.165) is 18.4 Å². The first kappa shape index (κ1) is 17.5. The van der Waals surface area contributed by atoms with E-state index in [0.29, 0.717) is 6.42 Å². The Morgan fingerprint density at radius 2 is 1.70 bits per heavy atom. The van der Waals surface area contributed by atoms with Crippen LogP contribution in [0.4, 0.5) is 4.79 Å². The van der Waals surface area contributed by atoms with Crippen LogP contribution < -0.4 is 0 Å². The molecule has 4 heteroatoms. The summed E-state index contributed by atoms with van der Waals surface area (Å²) in [5.41, 5.74) is 3.58. The number of carboxylic acid groups (broad SMARTS) is 1. The minimum Gasteiger partial charge on any atom is -0.449 e. The summed E-state index contributed by atoms with van der Waals surface area (Å²) in [5.74, 6) is -1.25. The molecule has 0 saturated carbocycles. The average molecular weight is 318 g/mol. The SMILES string of the molecule is CC[C@@H](C(=O)OC(=O)O)c1ccc2c(c1)C(C)(C)CCC2(C)C. The maximum atomic E-state index is 12.0. The molecule has 126 valence electrons. The Kier molecular flexibility index (Phi) is 4.56. The first-order valence-electron chi connectivity index (χ1n) is 8.18. The minimum absolute atomic E-state index is 0.0514. The van der Waals surface area contributed by atoms with Gasteiger partial charge in [0.15, 0.2) is 0 Å². The highest BCUT2D eigenvalue weighted by molar-refractivity contribution is 5.86. The van der Waals surface area contributed by atoms with E-state index < -0.39 is 18.0 Å². The van der Waals surface area contributed by atoms with E-state index in [2.05, 4.69) is 44.6 Å². The molecule has 1 N–H and O–H groups in total. The van der Waals surface area contributed by atoms with Crippen molar-refractivity contribution in [1.82, 2.24) is 0 Å². The lowest BCUT2D eigenvalue weighted by Gasteiger charge is -2.42. The van der Waals surface area contributed by atoms with Crippen LogP contribution in [0.25, 0.3) is 0 Å². The molecule has 1 aromatic rings. The van der Waals surface area contributed by atoms with E-state index in [-0.39, 0.29) is 10.8 Å². The van der Waals surface area contributed by atoms with Crippen LogP contribution in [0.1, 0.15) is 76.5 Å². The lowest BCUT2D eigenvalue weighted by molar-refractivity contribution is -0.140. The molecule has 0 amide bonds. The zero-order valence-electron chi connectivity index (χ0n) is 14.6. The molecule has 0 unspecified atom stereocenters. The molecule has 0 spiro atoms. The van der Waals surface area contributed by atoms with E-state index >= 15 is 0 Å². The highest BCUT2D eigenvalue weighted by Crippen LogP contribution is 2.46. The summed E-state index contributed by atoms with van der Waals surface area (Å²) < 4.78 is 4.37. The van der Waals surface area contributed by atoms with E-state index in [1.807, 2.05) is 13.0 Å².